The average Bonchev–Trinajstić information content (AvgIpc) is 3.09. The molecule has 10 heteroatoms. The molecule has 0 saturated carbocycles. The van der Waals surface area contributed by atoms with Gasteiger partial charge in [0.05, 0.1) is 29.7 Å². The molecule has 166 valence electrons. The molecule has 1 aliphatic heterocycles. The van der Waals surface area contributed by atoms with E-state index in [0.717, 1.165) is 0 Å². The van der Waals surface area contributed by atoms with Crippen molar-refractivity contribution >= 4 is 40.0 Å². The van der Waals surface area contributed by atoms with Gasteiger partial charge in [-0.3, -0.25) is 0 Å². The van der Waals surface area contributed by atoms with Gasteiger partial charge in [0.1, 0.15) is 19.4 Å². The van der Waals surface area contributed by atoms with Gasteiger partial charge in [-0.1, -0.05) is 40.5 Å². The molecule has 32 heavy (non-hydrogen) atoms. The Morgan fingerprint density at radius 2 is 1.91 bits per heavy atom. The number of esters is 1. The molecule has 0 fully saturated rings. The largest absolute Gasteiger partial charge is 0.464 e. The molecule has 0 bridgehead atoms. The van der Waals surface area contributed by atoms with Crippen LogP contribution >= 0.6 is 22.6 Å². The van der Waals surface area contributed by atoms with Gasteiger partial charge in [0.2, 0.25) is 0 Å². The highest BCUT2D eigenvalue weighted by Gasteiger charge is 2.39. The van der Waals surface area contributed by atoms with Gasteiger partial charge in [-0.05, 0) is 31.0 Å². The fourth-order valence-corrected chi connectivity index (χ4v) is 3.15. The molecule has 1 aliphatic rings. The summed E-state index contributed by atoms with van der Waals surface area (Å²) >= 11 is 1.42. The third-order valence-corrected chi connectivity index (χ3v) is 4.48. The number of ether oxygens (including phenoxy) is 3. The number of carbonyl (C=O) groups is 1. The summed E-state index contributed by atoms with van der Waals surface area (Å²) in [6.45, 7) is 1.74. The number of oxime groups is 2. The molecule has 1 heterocycles. The van der Waals surface area contributed by atoms with E-state index in [4.69, 9.17) is 23.9 Å². The molecule has 0 N–H and O–H groups in total. The highest BCUT2D eigenvalue weighted by molar-refractivity contribution is 14.1. The lowest BCUT2D eigenvalue weighted by molar-refractivity contribution is -0.132. The molecule has 8 nitrogen and oxygen atoms in total. The zero-order valence-electron chi connectivity index (χ0n) is 17.3. The number of methoxy groups -OCH3 is 1. The van der Waals surface area contributed by atoms with Crippen molar-refractivity contribution in [2.75, 3.05) is 14.2 Å². The van der Waals surface area contributed by atoms with Crippen LogP contribution in [0.5, 0.6) is 11.5 Å². The number of fused-ring (bicyclic) bond motifs is 1. The molecule has 0 saturated heterocycles. The summed E-state index contributed by atoms with van der Waals surface area (Å²) < 4.78 is 26.3. The predicted molar refractivity (Wildman–Crippen MR) is 122 cm³/mol. The van der Waals surface area contributed by atoms with Gasteiger partial charge in [0, 0.05) is 16.7 Å². The Morgan fingerprint density at radius 3 is 2.66 bits per heavy atom. The molecule has 0 radical (unpaired) electrons. The summed E-state index contributed by atoms with van der Waals surface area (Å²) in [4.78, 5) is 22.2. The van der Waals surface area contributed by atoms with E-state index in [2.05, 4.69) is 22.2 Å². The van der Waals surface area contributed by atoms with Crippen molar-refractivity contribution in [2.45, 2.75) is 17.6 Å². The molecule has 2 aromatic carbocycles. The van der Waals surface area contributed by atoms with E-state index in [9.17, 15) is 9.18 Å². The normalized spacial score (nSPS) is 17.3. The highest BCUT2D eigenvalue weighted by Crippen LogP contribution is 2.43. The number of nitrogens with zero attached hydrogens (tertiary/aromatic N) is 2. The summed E-state index contributed by atoms with van der Waals surface area (Å²) in [6, 6.07) is 11.9. The Labute approximate surface area is 197 Å². The number of alkyl halides is 2. The van der Waals surface area contributed by atoms with Crippen LogP contribution in [0.4, 0.5) is 4.39 Å². The predicted octanol–water partition coefficient (Wildman–Crippen LogP) is 3.94. The standard InChI is InChI=1S/C22H18FIN2O6/c1-14(8-9-15-10-11-18-19(12-15)32-22(23,24)31-18)25-30-13-16-6-4-5-7-17(16)20(26-29-3)21(27)28-2/h4-7,10-12H,13H2,1-3H3/b25-14+,26-20+. The molecule has 0 amide bonds. The Balaban J connectivity index is 1.68. The van der Waals surface area contributed by atoms with Gasteiger partial charge >= 0.3 is 10.0 Å². The lowest BCUT2D eigenvalue weighted by Gasteiger charge is -2.09. The fraction of sp³-hybridized carbons (Fsp3) is 0.227. The van der Waals surface area contributed by atoms with E-state index >= 15 is 0 Å². The first-order valence-electron chi connectivity index (χ1n) is 9.19. The first kappa shape index (κ1) is 23.3. The van der Waals surface area contributed by atoms with Crippen LogP contribution in [0.3, 0.4) is 0 Å². The van der Waals surface area contributed by atoms with Crippen molar-refractivity contribution in [2.24, 2.45) is 10.3 Å². The summed E-state index contributed by atoms with van der Waals surface area (Å²) in [5.41, 5.74) is 2.18. The minimum Gasteiger partial charge on any atom is -0.464 e. The summed E-state index contributed by atoms with van der Waals surface area (Å²) in [5, 5.41) is 7.73. The molecular formula is C22H18FIN2O6. The van der Waals surface area contributed by atoms with Crippen LogP contribution in [0.2, 0.25) is 0 Å². The van der Waals surface area contributed by atoms with Gasteiger partial charge in [-0.15, -0.1) is 4.39 Å². The van der Waals surface area contributed by atoms with E-state index in [1.165, 1.54) is 36.8 Å². The van der Waals surface area contributed by atoms with Gasteiger partial charge in [-0.25, -0.2) is 4.79 Å². The lowest BCUT2D eigenvalue weighted by atomic mass is 10.0. The topological polar surface area (TPSA) is 87.9 Å². The van der Waals surface area contributed by atoms with Crippen LogP contribution < -0.4 is 9.47 Å². The van der Waals surface area contributed by atoms with Gasteiger partial charge in [-0.2, -0.15) is 0 Å². The van der Waals surface area contributed by atoms with E-state index in [0.29, 0.717) is 28.2 Å². The molecule has 1 unspecified atom stereocenters. The van der Waals surface area contributed by atoms with Gasteiger partial charge < -0.3 is 23.9 Å². The van der Waals surface area contributed by atoms with Crippen LogP contribution in [-0.2, 0) is 25.8 Å². The Morgan fingerprint density at radius 1 is 1.16 bits per heavy atom. The van der Waals surface area contributed by atoms with E-state index in [1.54, 1.807) is 49.4 Å². The van der Waals surface area contributed by atoms with Crippen molar-refractivity contribution < 1.29 is 33.1 Å². The second-order valence-electron chi connectivity index (χ2n) is 6.30. The van der Waals surface area contributed by atoms with Crippen LogP contribution in [0.1, 0.15) is 23.6 Å². The van der Waals surface area contributed by atoms with Crippen molar-refractivity contribution in [1.29, 1.82) is 0 Å². The monoisotopic (exact) mass is 552 g/mol. The Bertz CT molecular complexity index is 1140. The molecule has 0 aliphatic carbocycles. The van der Waals surface area contributed by atoms with Crippen molar-refractivity contribution in [3.8, 4) is 23.3 Å². The zero-order valence-corrected chi connectivity index (χ0v) is 19.5. The maximum absolute atomic E-state index is 13.7. The molecular weight excluding hydrogens is 534 g/mol. The minimum atomic E-state index is -2.21. The zero-order chi connectivity index (χ0) is 23.1. The van der Waals surface area contributed by atoms with Crippen LogP contribution in [0, 0.1) is 11.8 Å². The number of benzene rings is 2. The molecule has 3 rings (SSSR count). The Hall–Kier alpha value is -3.33. The number of hydrogen-bond donors (Lipinski definition) is 0. The second-order valence-corrected chi connectivity index (χ2v) is 7.59. The van der Waals surface area contributed by atoms with Crippen molar-refractivity contribution in [3.63, 3.8) is 0 Å². The van der Waals surface area contributed by atoms with Crippen molar-refractivity contribution in [3.05, 3.63) is 59.2 Å². The van der Waals surface area contributed by atoms with Gasteiger partial charge in [0.15, 0.2) is 17.2 Å². The van der Waals surface area contributed by atoms with E-state index in [1.807, 2.05) is 0 Å². The van der Waals surface area contributed by atoms with Crippen LogP contribution in [0.15, 0.2) is 52.8 Å². The third-order valence-electron chi connectivity index (χ3n) is 4.04. The molecule has 0 aromatic heterocycles. The molecule has 0 spiro atoms. The molecule has 1 atom stereocenters. The number of hydrogen-bond acceptors (Lipinski definition) is 8. The maximum Gasteiger partial charge on any atom is 0.462 e. The summed E-state index contributed by atoms with van der Waals surface area (Å²) in [5.74, 6) is 5.69. The lowest BCUT2D eigenvalue weighted by Crippen LogP contribution is -2.23. The smallest absolute Gasteiger partial charge is 0.462 e. The number of halogens is 2. The van der Waals surface area contributed by atoms with Crippen LogP contribution in [0.25, 0.3) is 0 Å². The van der Waals surface area contributed by atoms with Crippen molar-refractivity contribution in [1.82, 2.24) is 0 Å². The third kappa shape index (κ3) is 5.88. The maximum atomic E-state index is 13.7. The Kier molecular flexibility index (Phi) is 7.53. The highest BCUT2D eigenvalue weighted by atomic mass is 127. The average molecular weight is 552 g/mol. The summed E-state index contributed by atoms with van der Waals surface area (Å²) in [6.07, 6.45) is 0. The first-order valence-corrected chi connectivity index (χ1v) is 10.3. The quantitative estimate of drug-likeness (QED) is 0.135. The summed E-state index contributed by atoms with van der Waals surface area (Å²) in [7, 11) is 2.60. The first-order chi connectivity index (χ1) is 15.3. The van der Waals surface area contributed by atoms with Crippen LogP contribution in [-0.4, -0.2) is 35.7 Å². The number of carbonyl (C=O) groups excluding carboxylic acids is 1. The van der Waals surface area contributed by atoms with E-state index < -0.39 is 10.0 Å². The number of rotatable bonds is 6. The SMILES string of the molecule is CO/N=C(/C(=O)OC)c1ccccc1CO/N=C(\C)C#Cc1ccc2c(c1)OC(F)(I)O2. The van der Waals surface area contributed by atoms with Gasteiger partial charge in [0.25, 0.3) is 0 Å². The molecule has 2 aromatic rings. The fourth-order valence-electron chi connectivity index (χ4n) is 2.67. The van der Waals surface area contributed by atoms with E-state index in [-0.39, 0.29) is 18.1 Å². The second kappa shape index (κ2) is 10.3. The minimum absolute atomic E-state index is 0.0151.